The molecule has 0 aliphatic carbocycles. The van der Waals surface area contributed by atoms with Gasteiger partial charge in [-0.1, -0.05) is 44.2 Å². The van der Waals surface area contributed by atoms with Crippen LogP contribution in [0.3, 0.4) is 0 Å². The van der Waals surface area contributed by atoms with E-state index < -0.39 is 5.54 Å². The molecule has 1 aromatic rings. The maximum Gasteiger partial charge on any atom is 0.142 e. The fourth-order valence-corrected chi connectivity index (χ4v) is 3.29. The van der Waals surface area contributed by atoms with Crippen molar-refractivity contribution in [2.75, 3.05) is 13.1 Å². The number of benzene rings is 1. The third-order valence-corrected chi connectivity index (χ3v) is 4.66. The second kappa shape index (κ2) is 5.95. The van der Waals surface area contributed by atoms with Crippen molar-refractivity contribution in [2.45, 2.75) is 38.8 Å². The SMILES string of the molecule is CC1CC(C)C(C)N(CC(N)(C#N)c2ccccc2)C1. The van der Waals surface area contributed by atoms with Crippen molar-refractivity contribution in [3.63, 3.8) is 0 Å². The topological polar surface area (TPSA) is 53.0 Å². The highest BCUT2D eigenvalue weighted by atomic mass is 15.2. The quantitative estimate of drug-likeness (QED) is 0.919. The van der Waals surface area contributed by atoms with Crippen LogP contribution in [0.5, 0.6) is 0 Å². The summed E-state index contributed by atoms with van der Waals surface area (Å²) in [6.45, 7) is 8.45. The fraction of sp³-hybridized carbons (Fsp3) is 0.588. The molecule has 0 aromatic heterocycles. The summed E-state index contributed by atoms with van der Waals surface area (Å²) < 4.78 is 0. The molecule has 3 nitrogen and oxygen atoms in total. The minimum atomic E-state index is -0.924. The standard InChI is InChI=1S/C17H25N3/c1-13-9-14(2)15(3)20(10-13)12-17(19,11-18)16-7-5-4-6-8-16/h4-8,13-15H,9-10,12,19H2,1-3H3. The molecule has 1 aliphatic heterocycles. The summed E-state index contributed by atoms with van der Waals surface area (Å²) in [4.78, 5) is 2.38. The van der Waals surface area contributed by atoms with Gasteiger partial charge in [0.05, 0.1) is 6.07 Å². The zero-order valence-corrected chi connectivity index (χ0v) is 12.7. The third kappa shape index (κ3) is 3.03. The van der Waals surface area contributed by atoms with Crippen LogP contribution < -0.4 is 5.73 Å². The number of nitriles is 1. The van der Waals surface area contributed by atoms with Crippen molar-refractivity contribution < 1.29 is 0 Å². The summed E-state index contributed by atoms with van der Waals surface area (Å²) in [5.74, 6) is 1.32. The Bertz CT molecular complexity index is 479. The number of nitrogens with two attached hydrogens (primary N) is 1. The first-order valence-corrected chi connectivity index (χ1v) is 7.46. The van der Waals surface area contributed by atoms with E-state index in [0.29, 0.717) is 24.4 Å². The van der Waals surface area contributed by atoms with Crippen molar-refractivity contribution in [2.24, 2.45) is 17.6 Å². The molecule has 2 N–H and O–H groups in total. The Morgan fingerprint density at radius 1 is 1.30 bits per heavy atom. The van der Waals surface area contributed by atoms with E-state index in [1.165, 1.54) is 6.42 Å². The largest absolute Gasteiger partial charge is 0.309 e. The number of piperidine rings is 1. The first-order valence-electron chi connectivity index (χ1n) is 7.46. The Morgan fingerprint density at radius 3 is 2.55 bits per heavy atom. The molecule has 0 radical (unpaired) electrons. The predicted molar refractivity (Wildman–Crippen MR) is 81.9 cm³/mol. The monoisotopic (exact) mass is 271 g/mol. The van der Waals surface area contributed by atoms with Gasteiger partial charge >= 0.3 is 0 Å². The van der Waals surface area contributed by atoms with Crippen LogP contribution >= 0.6 is 0 Å². The second-order valence-electron chi connectivity index (χ2n) is 6.44. The van der Waals surface area contributed by atoms with Crippen molar-refractivity contribution in [3.8, 4) is 6.07 Å². The van der Waals surface area contributed by atoms with E-state index >= 15 is 0 Å². The molecule has 0 spiro atoms. The molecule has 1 aliphatic rings. The number of nitrogens with zero attached hydrogens (tertiary/aromatic N) is 2. The highest BCUT2D eigenvalue weighted by Gasteiger charge is 2.36. The van der Waals surface area contributed by atoms with E-state index in [9.17, 15) is 5.26 Å². The minimum Gasteiger partial charge on any atom is -0.309 e. The first-order chi connectivity index (χ1) is 9.46. The second-order valence-corrected chi connectivity index (χ2v) is 6.44. The average molecular weight is 271 g/mol. The summed E-state index contributed by atoms with van der Waals surface area (Å²) in [6, 6.07) is 12.5. The van der Waals surface area contributed by atoms with Gasteiger partial charge in [-0.3, -0.25) is 4.90 Å². The number of hydrogen-bond donors (Lipinski definition) is 1. The Labute approximate surface area is 122 Å². The number of hydrogen-bond acceptors (Lipinski definition) is 3. The molecule has 4 unspecified atom stereocenters. The molecule has 0 amide bonds. The highest BCUT2D eigenvalue weighted by molar-refractivity contribution is 5.31. The van der Waals surface area contributed by atoms with Crippen LogP contribution in [-0.2, 0) is 5.54 Å². The van der Waals surface area contributed by atoms with Gasteiger partial charge in [0, 0.05) is 19.1 Å². The van der Waals surface area contributed by atoms with Crippen LogP contribution in [0.4, 0.5) is 0 Å². The molecule has 1 fully saturated rings. The van der Waals surface area contributed by atoms with Crippen molar-refractivity contribution >= 4 is 0 Å². The first kappa shape index (κ1) is 15.0. The van der Waals surface area contributed by atoms with Gasteiger partial charge in [-0.15, -0.1) is 0 Å². The lowest BCUT2D eigenvalue weighted by atomic mass is 9.83. The number of likely N-dealkylation sites (tertiary alicyclic amines) is 1. The minimum absolute atomic E-state index is 0.478. The molecule has 1 heterocycles. The molecule has 2 rings (SSSR count). The lowest BCUT2D eigenvalue weighted by molar-refractivity contribution is 0.0659. The molecular weight excluding hydrogens is 246 g/mol. The van der Waals surface area contributed by atoms with Gasteiger partial charge < -0.3 is 5.73 Å². The van der Waals surface area contributed by atoms with E-state index in [0.717, 1.165) is 12.1 Å². The fourth-order valence-electron chi connectivity index (χ4n) is 3.29. The maximum absolute atomic E-state index is 9.59. The van der Waals surface area contributed by atoms with Crippen LogP contribution in [0.2, 0.25) is 0 Å². The highest BCUT2D eigenvalue weighted by Crippen LogP contribution is 2.29. The molecule has 108 valence electrons. The van der Waals surface area contributed by atoms with E-state index in [4.69, 9.17) is 5.73 Å². The van der Waals surface area contributed by atoms with Gasteiger partial charge in [-0.05, 0) is 30.7 Å². The van der Waals surface area contributed by atoms with Gasteiger partial charge in [0.1, 0.15) is 5.54 Å². The Morgan fingerprint density at radius 2 is 1.95 bits per heavy atom. The maximum atomic E-state index is 9.59. The molecule has 4 atom stereocenters. The number of rotatable bonds is 3. The Balaban J connectivity index is 2.20. The Kier molecular flexibility index (Phi) is 4.47. The van der Waals surface area contributed by atoms with E-state index in [1.54, 1.807) is 0 Å². The van der Waals surface area contributed by atoms with E-state index in [1.807, 2.05) is 30.3 Å². The van der Waals surface area contributed by atoms with Gasteiger partial charge in [0.15, 0.2) is 0 Å². The van der Waals surface area contributed by atoms with Crippen molar-refractivity contribution in [1.82, 2.24) is 4.90 Å². The molecule has 1 aromatic carbocycles. The third-order valence-electron chi connectivity index (χ3n) is 4.66. The molecule has 0 bridgehead atoms. The van der Waals surface area contributed by atoms with Crippen LogP contribution in [0.1, 0.15) is 32.8 Å². The summed E-state index contributed by atoms with van der Waals surface area (Å²) in [5, 5.41) is 9.59. The molecule has 1 saturated heterocycles. The van der Waals surface area contributed by atoms with E-state index in [2.05, 4.69) is 31.7 Å². The summed E-state index contributed by atoms with van der Waals surface area (Å²) in [6.07, 6.45) is 1.26. The van der Waals surface area contributed by atoms with Crippen LogP contribution in [0.25, 0.3) is 0 Å². The average Bonchev–Trinajstić information content (AvgIpc) is 2.45. The summed E-state index contributed by atoms with van der Waals surface area (Å²) in [5.41, 5.74) is 6.38. The molecule has 0 saturated carbocycles. The Hall–Kier alpha value is -1.37. The molecular formula is C17H25N3. The van der Waals surface area contributed by atoms with Crippen molar-refractivity contribution in [3.05, 3.63) is 35.9 Å². The molecule has 3 heteroatoms. The van der Waals surface area contributed by atoms with Gasteiger partial charge in [0.2, 0.25) is 0 Å². The van der Waals surface area contributed by atoms with Crippen molar-refractivity contribution in [1.29, 1.82) is 5.26 Å². The zero-order chi connectivity index (χ0) is 14.8. The van der Waals surface area contributed by atoms with Crippen LogP contribution in [-0.4, -0.2) is 24.0 Å². The van der Waals surface area contributed by atoms with Gasteiger partial charge in [0.25, 0.3) is 0 Å². The van der Waals surface area contributed by atoms with Crippen LogP contribution in [0.15, 0.2) is 30.3 Å². The normalized spacial score (nSPS) is 30.4. The summed E-state index contributed by atoms with van der Waals surface area (Å²) in [7, 11) is 0. The van der Waals surface area contributed by atoms with Gasteiger partial charge in [-0.2, -0.15) is 5.26 Å². The lowest BCUT2D eigenvalue weighted by Crippen LogP contribution is -2.54. The predicted octanol–water partition coefficient (Wildman–Crippen LogP) is 2.73. The zero-order valence-electron chi connectivity index (χ0n) is 12.7. The van der Waals surface area contributed by atoms with Gasteiger partial charge in [-0.25, -0.2) is 0 Å². The van der Waals surface area contributed by atoms with E-state index in [-0.39, 0.29) is 0 Å². The van der Waals surface area contributed by atoms with Crippen LogP contribution in [0, 0.1) is 23.2 Å². The lowest BCUT2D eigenvalue weighted by Gasteiger charge is -2.43. The summed E-state index contributed by atoms with van der Waals surface area (Å²) >= 11 is 0. The molecule has 20 heavy (non-hydrogen) atoms. The smallest absolute Gasteiger partial charge is 0.142 e.